The summed E-state index contributed by atoms with van der Waals surface area (Å²) in [5.41, 5.74) is 1.90. The van der Waals surface area contributed by atoms with Crippen molar-refractivity contribution in [3.63, 3.8) is 0 Å². The number of halogens is 2. The van der Waals surface area contributed by atoms with E-state index in [-0.39, 0.29) is 0 Å². The second-order valence-electron chi connectivity index (χ2n) is 4.33. The summed E-state index contributed by atoms with van der Waals surface area (Å²) in [5, 5.41) is 1.06. The molecule has 3 aromatic rings. The smallest absolute Gasteiger partial charge is 0.220 e. The van der Waals surface area contributed by atoms with Crippen molar-refractivity contribution in [3.05, 3.63) is 64.6 Å². The van der Waals surface area contributed by atoms with E-state index in [2.05, 4.69) is 20.9 Å². The fraction of sp³-hybridized carbons (Fsp3) is 0.0625. The highest BCUT2D eigenvalue weighted by molar-refractivity contribution is 9.10. The van der Waals surface area contributed by atoms with Gasteiger partial charge in [0.05, 0.1) is 5.52 Å². The van der Waals surface area contributed by atoms with E-state index in [1.54, 1.807) is 0 Å². The van der Waals surface area contributed by atoms with Gasteiger partial charge < -0.3 is 4.74 Å². The minimum atomic E-state index is 0.428. The van der Waals surface area contributed by atoms with Gasteiger partial charge in [0, 0.05) is 21.8 Å². The largest absolute Gasteiger partial charge is 0.439 e. The van der Waals surface area contributed by atoms with Crippen LogP contribution in [0.5, 0.6) is 11.6 Å². The first kappa shape index (κ1) is 13.4. The first-order chi connectivity index (χ1) is 9.76. The molecule has 1 heterocycles. The minimum absolute atomic E-state index is 0.428. The van der Waals surface area contributed by atoms with Crippen LogP contribution in [0.15, 0.2) is 59.1 Å². The lowest BCUT2D eigenvalue weighted by Gasteiger charge is -2.09. The SMILES string of the molecule is ClCc1cc(Oc2cccc(Br)c2)nc2ccccc12. The highest BCUT2D eigenvalue weighted by Crippen LogP contribution is 2.27. The van der Waals surface area contributed by atoms with Gasteiger partial charge in [0.15, 0.2) is 0 Å². The van der Waals surface area contributed by atoms with Gasteiger partial charge in [-0.25, -0.2) is 4.98 Å². The standard InChI is InChI=1S/C16H11BrClNO/c17-12-4-3-5-13(9-12)20-16-8-11(10-18)14-6-1-2-7-15(14)19-16/h1-9H,10H2. The molecule has 2 nitrogen and oxygen atoms in total. The second kappa shape index (κ2) is 5.81. The Labute approximate surface area is 130 Å². The number of aromatic nitrogens is 1. The van der Waals surface area contributed by atoms with Crippen molar-refractivity contribution in [2.75, 3.05) is 0 Å². The molecule has 0 atom stereocenters. The minimum Gasteiger partial charge on any atom is -0.439 e. The highest BCUT2D eigenvalue weighted by Gasteiger charge is 2.06. The van der Waals surface area contributed by atoms with Gasteiger partial charge in [-0.3, -0.25) is 0 Å². The molecule has 0 amide bonds. The van der Waals surface area contributed by atoms with E-state index < -0.39 is 0 Å². The van der Waals surface area contributed by atoms with Crippen LogP contribution in [-0.2, 0) is 5.88 Å². The topological polar surface area (TPSA) is 22.1 Å². The molecule has 0 N–H and O–H groups in total. The van der Waals surface area contributed by atoms with Crippen LogP contribution < -0.4 is 4.74 Å². The van der Waals surface area contributed by atoms with E-state index in [4.69, 9.17) is 16.3 Å². The molecule has 0 unspecified atom stereocenters. The monoisotopic (exact) mass is 347 g/mol. The summed E-state index contributed by atoms with van der Waals surface area (Å²) in [7, 11) is 0. The lowest BCUT2D eigenvalue weighted by atomic mass is 10.1. The van der Waals surface area contributed by atoms with Crippen molar-refractivity contribution < 1.29 is 4.74 Å². The third-order valence-electron chi connectivity index (χ3n) is 2.94. The van der Waals surface area contributed by atoms with Gasteiger partial charge in [0.25, 0.3) is 0 Å². The van der Waals surface area contributed by atoms with E-state index in [9.17, 15) is 0 Å². The highest BCUT2D eigenvalue weighted by atomic mass is 79.9. The quantitative estimate of drug-likeness (QED) is 0.581. The van der Waals surface area contributed by atoms with E-state index in [1.807, 2.05) is 54.6 Å². The third kappa shape index (κ3) is 2.79. The predicted molar refractivity (Wildman–Crippen MR) is 85.5 cm³/mol. The van der Waals surface area contributed by atoms with Gasteiger partial charge in [0.2, 0.25) is 5.88 Å². The zero-order chi connectivity index (χ0) is 13.9. The molecule has 20 heavy (non-hydrogen) atoms. The Balaban J connectivity index is 2.03. The molecule has 4 heteroatoms. The second-order valence-corrected chi connectivity index (χ2v) is 5.51. The van der Waals surface area contributed by atoms with Gasteiger partial charge in [-0.05, 0) is 29.8 Å². The molecular formula is C16H11BrClNO. The van der Waals surface area contributed by atoms with Crippen molar-refractivity contribution in [2.24, 2.45) is 0 Å². The Hall–Kier alpha value is -1.58. The molecule has 0 aliphatic heterocycles. The molecule has 1 aromatic heterocycles. The molecule has 0 aliphatic rings. The molecule has 0 radical (unpaired) electrons. The summed E-state index contributed by atoms with van der Waals surface area (Å²) in [6.45, 7) is 0. The summed E-state index contributed by atoms with van der Waals surface area (Å²) in [6.07, 6.45) is 0. The molecule has 2 aromatic carbocycles. The van der Waals surface area contributed by atoms with Crippen molar-refractivity contribution >= 4 is 38.4 Å². The lowest BCUT2D eigenvalue weighted by Crippen LogP contribution is -1.92. The predicted octanol–water partition coefficient (Wildman–Crippen LogP) is 5.53. The van der Waals surface area contributed by atoms with Gasteiger partial charge in [0.1, 0.15) is 5.75 Å². The summed E-state index contributed by atoms with van der Waals surface area (Å²) in [5.74, 6) is 1.72. The summed E-state index contributed by atoms with van der Waals surface area (Å²) < 4.78 is 6.78. The number of hydrogen-bond acceptors (Lipinski definition) is 2. The van der Waals surface area contributed by atoms with Crippen molar-refractivity contribution in [1.29, 1.82) is 0 Å². The number of pyridine rings is 1. The average molecular weight is 349 g/mol. The van der Waals surface area contributed by atoms with E-state index in [0.717, 1.165) is 26.7 Å². The molecular weight excluding hydrogens is 338 g/mol. The fourth-order valence-corrected chi connectivity index (χ4v) is 2.63. The molecule has 0 saturated heterocycles. The fourth-order valence-electron chi connectivity index (χ4n) is 2.03. The summed E-state index contributed by atoms with van der Waals surface area (Å²) in [4.78, 5) is 4.51. The van der Waals surface area contributed by atoms with Crippen LogP contribution in [0.4, 0.5) is 0 Å². The van der Waals surface area contributed by atoms with Gasteiger partial charge >= 0.3 is 0 Å². The van der Waals surface area contributed by atoms with Crippen LogP contribution in [-0.4, -0.2) is 4.98 Å². The third-order valence-corrected chi connectivity index (χ3v) is 3.72. The van der Waals surface area contributed by atoms with Gasteiger partial charge in [-0.2, -0.15) is 0 Å². The maximum Gasteiger partial charge on any atom is 0.220 e. The van der Waals surface area contributed by atoms with Gasteiger partial charge in [-0.15, -0.1) is 11.6 Å². The number of alkyl halides is 1. The van der Waals surface area contributed by atoms with Crippen LogP contribution in [0.1, 0.15) is 5.56 Å². The first-order valence-corrected chi connectivity index (χ1v) is 7.47. The number of hydrogen-bond donors (Lipinski definition) is 0. The average Bonchev–Trinajstić information content (AvgIpc) is 2.46. The van der Waals surface area contributed by atoms with E-state index in [0.29, 0.717) is 11.8 Å². The number of para-hydroxylation sites is 1. The van der Waals surface area contributed by atoms with Crippen molar-refractivity contribution in [2.45, 2.75) is 5.88 Å². The van der Waals surface area contributed by atoms with Crippen LogP contribution in [0, 0.1) is 0 Å². The molecule has 0 saturated carbocycles. The van der Waals surface area contributed by atoms with E-state index >= 15 is 0 Å². The molecule has 0 fully saturated rings. The summed E-state index contributed by atoms with van der Waals surface area (Å²) in [6, 6.07) is 17.5. The Kier molecular flexibility index (Phi) is 3.90. The van der Waals surface area contributed by atoms with Crippen molar-refractivity contribution in [3.8, 4) is 11.6 Å². The van der Waals surface area contributed by atoms with Crippen LogP contribution in [0.25, 0.3) is 10.9 Å². The molecule has 0 aliphatic carbocycles. The normalized spacial score (nSPS) is 10.7. The number of nitrogens with zero attached hydrogens (tertiary/aromatic N) is 1. The molecule has 0 bridgehead atoms. The Morgan fingerprint density at radius 3 is 2.70 bits per heavy atom. The molecule has 100 valence electrons. The number of fused-ring (bicyclic) bond motifs is 1. The Morgan fingerprint density at radius 1 is 1.05 bits per heavy atom. The van der Waals surface area contributed by atoms with Crippen molar-refractivity contribution in [1.82, 2.24) is 4.98 Å². The zero-order valence-electron chi connectivity index (χ0n) is 10.5. The van der Waals surface area contributed by atoms with Crippen LogP contribution >= 0.6 is 27.5 Å². The maximum absolute atomic E-state index is 6.02. The van der Waals surface area contributed by atoms with E-state index in [1.165, 1.54) is 0 Å². The Bertz CT molecular complexity index is 760. The zero-order valence-corrected chi connectivity index (χ0v) is 12.9. The molecule has 3 rings (SSSR count). The van der Waals surface area contributed by atoms with Crippen LogP contribution in [0.3, 0.4) is 0 Å². The maximum atomic E-state index is 6.02. The lowest BCUT2D eigenvalue weighted by molar-refractivity contribution is 0.464. The number of ether oxygens (including phenoxy) is 1. The Morgan fingerprint density at radius 2 is 1.90 bits per heavy atom. The summed E-state index contributed by atoms with van der Waals surface area (Å²) >= 11 is 9.44. The van der Waals surface area contributed by atoms with Gasteiger partial charge in [-0.1, -0.05) is 40.2 Å². The first-order valence-electron chi connectivity index (χ1n) is 6.14. The van der Waals surface area contributed by atoms with Crippen LogP contribution in [0.2, 0.25) is 0 Å². The number of rotatable bonds is 3. The molecule has 0 spiro atoms. The number of benzene rings is 2.